The molecule has 0 spiro atoms. The lowest BCUT2D eigenvalue weighted by molar-refractivity contribution is 0.367. The molecule has 0 saturated heterocycles. The molecule has 0 bridgehead atoms. The molecule has 0 aliphatic carbocycles. The highest BCUT2D eigenvalue weighted by atomic mass is 79.9. The Morgan fingerprint density at radius 2 is 2.06 bits per heavy atom. The molecule has 0 aromatic carbocycles. The van der Waals surface area contributed by atoms with Crippen molar-refractivity contribution >= 4 is 31.9 Å². The Morgan fingerprint density at radius 1 is 1.44 bits per heavy atom. The number of alkyl halides is 1. The first-order valence-corrected chi connectivity index (χ1v) is 7.14. The standard InChI is InChI=1S/C11H19Br2N3/c1-8(9(2)12)11-10(13)7-14-16(11)6-5-15(3)4/h7-9H,5-6H2,1-4H3. The highest BCUT2D eigenvalue weighted by Crippen LogP contribution is 2.30. The third-order valence-corrected chi connectivity index (χ3v) is 4.12. The first-order valence-electron chi connectivity index (χ1n) is 5.43. The van der Waals surface area contributed by atoms with Crippen molar-refractivity contribution in [2.45, 2.75) is 31.1 Å². The van der Waals surface area contributed by atoms with Crippen LogP contribution in [0.2, 0.25) is 0 Å². The van der Waals surface area contributed by atoms with Gasteiger partial charge >= 0.3 is 0 Å². The van der Waals surface area contributed by atoms with E-state index in [9.17, 15) is 0 Å². The van der Waals surface area contributed by atoms with Gasteiger partial charge < -0.3 is 4.90 Å². The van der Waals surface area contributed by atoms with E-state index in [1.165, 1.54) is 5.69 Å². The van der Waals surface area contributed by atoms with Crippen molar-refractivity contribution in [3.63, 3.8) is 0 Å². The van der Waals surface area contributed by atoms with Gasteiger partial charge in [-0.15, -0.1) is 0 Å². The zero-order valence-corrected chi connectivity index (χ0v) is 13.4. The Balaban J connectivity index is 2.85. The average Bonchev–Trinajstić information content (AvgIpc) is 2.55. The second-order valence-electron chi connectivity index (χ2n) is 4.37. The summed E-state index contributed by atoms with van der Waals surface area (Å²) in [6, 6.07) is 0. The summed E-state index contributed by atoms with van der Waals surface area (Å²) in [5.41, 5.74) is 1.27. The molecule has 0 saturated carbocycles. The SMILES string of the molecule is CC(Br)C(C)c1c(Br)cnn1CCN(C)C. The fourth-order valence-corrected chi connectivity index (χ4v) is 2.42. The van der Waals surface area contributed by atoms with Gasteiger partial charge in [0.2, 0.25) is 0 Å². The van der Waals surface area contributed by atoms with Crippen LogP contribution in [0.3, 0.4) is 0 Å². The summed E-state index contributed by atoms with van der Waals surface area (Å²) < 4.78 is 3.19. The van der Waals surface area contributed by atoms with Crippen LogP contribution in [-0.4, -0.2) is 40.1 Å². The van der Waals surface area contributed by atoms with Gasteiger partial charge in [-0.2, -0.15) is 5.10 Å². The van der Waals surface area contributed by atoms with E-state index in [2.05, 4.69) is 74.5 Å². The molecule has 2 atom stereocenters. The van der Waals surface area contributed by atoms with Crippen molar-refractivity contribution in [1.82, 2.24) is 14.7 Å². The lowest BCUT2D eigenvalue weighted by Gasteiger charge is -2.18. The predicted octanol–water partition coefficient (Wildman–Crippen LogP) is 3.09. The second-order valence-corrected chi connectivity index (χ2v) is 6.67. The van der Waals surface area contributed by atoms with E-state index < -0.39 is 0 Å². The largest absolute Gasteiger partial charge is 0.308 e. The van der Waals surface area contributed by atoms with Crippen molar-refractivity contribution in [2.24, 2.45) is 0 Å². The van der Waals surface area contributed by atoms with Crippen LogP contribution in [0.15, 0.2) is 10.7 Å². The monoisotopic (exact) mass is 351 g/mol. The van der Waals surface area contributed by atoms with E-state index in [1.54, 1.807) is 0 Å². The van der Waals surface area contributed by atoms with Crippen molar-refractivity contribution in [3.8, 4) is 0 Å². The van der Waals surface area contributed by atoms with Crippen molar-refractivity contribution in [2.75, 3.05) is 20.6 Å². The number of nitrogens with zero attached hydrogens (tertiary/aromatic N) is 3. The van der Waals surface area contributed by atoms with Gasteiger partial charge in [-0.25, -0.2) is 0 Å². The molecule has 1 rings (SSSR count). The summed E-state index contributed by atoms with van der Waals surface area (Å²) in [6.07, 6.45) is 1.89. The van der Waals surface area contributed by atoms with Crippen molar-refractivity contribution in [3.05, 3.63) is 16.4 Å². The Labute approximate surface area is 114 Å². The molecule has 1 heterocycles. The summed E-state index contributed by atoms with van der Waals surface area (Å²) in [5, 5.41) is 4.41. The normalized spacial score (nSPS) is 15.4. The van der Waals surface area contributed by atoms with E-state index in [4.69, 9.17) is 0 Å². The summed E-state index contributed by atoms with van der Waals surface area (Å²) in [6.45, 7) is 6.32. The Hall–Kier alpha value is 0.130. The molecule has 2 unspecified atom stereocenters. The number of rotatable bonds is 5. The van der Waals surface area contributed by atoms with Crippen molar-refractivity contribution in [1.29, 1.82) is 0 Å². The molecular formula is C11H19Br2N3. The zero-order valence-electron chi connectivity index (χ0n) is 10.2. The van der Waals surface area contributed by atoms with Crippen LogP contribution in [0.4, 0.5) is 0 Å². The number of halogens is 2. The van der Waals surface area contributed by atoms with Gasteiger partial charge in [0.1, 0.15) is 0 Å². The maximum absolute atomic E-state index is 4.41. The highest BCUT2D eigenvalue weighted by Gasteiger charge is 2.19. The number of likely N-dealkylation sites (N-methyl/N-ethyl adjacent to an activating group) is 1. The smallest absolute Gasteiger partial charge is 0.0635 e. The van der Waals surface area contributed by atoms with Crippen LogP contribution in [0.1, 0.15) is 25.5 Å². The first kappa shape index (κ1) is 14.2. The molecule has 0 fully saturated rings. The number of hydrogen-bond donors (Lipinski definition) is 0. The van der Waals surface area contributed by atoms with Crippen molar-refractivity contribution < 1.29 is 0 Å². The molecule has 92 valence electrons. The fourth-order valence-electron chi connectivity index (χ4n) is 1.52. The van der Waals surface area contributed by atoms with Crippen LogP contribution >= 0.6 is 31.9 Å². The van der Waals surface area contributed by atoms with Crippen LogP contribution in [0, 0.1) is 0 Å². The van der Waals surface area contributed by atoms with Crippen LogP contribution < -0.4 is 0 Å². The van der Waals surface area contributed by atoms with E-state index in [1.807, 2.05) is 6.20 Å². The quantitative estimate of drug-likeness (QED) is 0.759. The molecular weight excluding hydrogens is 334 g/mol. The van der Waals surface area contributed by atoms with Gasteiger partial charge in [0.25, 0.3) is 0 Å². The summed E-state index contributed by atoms with van der Waals surface area (Å²) >= 11 is 7.21. The van der Waals surface area contributed by atoms with Crippen LogP contribution in [-0.2, 0) is 6.54 Å². The Morgan fingerprint density at radius 3 is 2.56 bits per heavy atom. The minimum atomic E-state index is 0.443. The summed E-state index contributed by atoms with van der Waals surface area (Å²) in [7, 11) is 4.16. The van der Waals surface area contributed by atoms with Crippen LogP contribution in [0.5, 0.6) is 0 Å². The average molecular weight is 353 g/mol. The van der Waals surface area contributed by atoms with Gasteiger partial charge in [0, 0.05) is 17.3 Å². The van der Waals surface area contributed by atoms with Crippen LogP contribution in [0.25, 0.3) is 0 Å². The number of aromatic nitrogens is 2. The van der Waals surface area contributed by atoms with Gasteiger partial charge in [0.15, 0.2) is 0 Å². The molecule has 0 aliphatic heterocycles. The molecule has 0 aliphatic rings. The van der Waals surface area contributed by atoms with E-state index in [0.29, 0.717) is 10.7 Å². The molecule has 16 heavy (non-hydrogen) atoms. The predicted molar refractivity (Wildman–Crippen MR) is 75.3 cm³/mol. The second kappa shape index (κ2) is 6.17. The lowest BCUT2D eigenvalue weighted by Crippen LogP contribution is -2.21. The molecule has 1 aromatic rings. The molecule has 5 heteroatoms. The molecule has 1 aromatic heterocycles. The topological polar surface area (TPSA) is 21.1 Å². The Kier molecular flexibility index (Phi) is 5.47. The van der Waals surface area contributed by atoms with E-state index >= 15 is 0 Å². The molecule has 0 radical (unpaired) electrons. The van der Waals surface area contributed by atoms with Gasteiger partial charge in [-0.1, -0.05) is 29.8 Å². The molecule has 0 N–H and O–H groups in total. The summed E-state index contributed by atoms with van der Waals surface area (Å²) in [4.78, 5) is 2.61. The minimum Gasteiger partial charge on any atom is -0.308 e. The lowest BCUT2D eigenvalue weighted by atomic mass is 10.1. The van der Waals surface area contributed by atoms with Gasteiger partial charge in [0.05, 0.1) is 22.9 Å². The minimum absolute atomic E-state index is 0.443. The maximum Gasteiger partial charge on any atom is 0.0635 e. The van der Waals surface area contributed by atoms with Gasteiger partial charge in [-0.3, -0.25) is 4.68 Å². The Bertz CT molecular complexity index is 334. The molecule has 3 nitrogen and oxygen atoms in total. The first-order chi connectivity index (χ1) is 7.43. The fraction of sp³-hybridized carbons (Fsp3) is 0.727. The molecule has 0 amide bonds. The number of hydrogen-bond acceptors (Lipinski definition) is 2. The summed E-state index contributed by atoms with van der Waals surface area (Å²) in [5.74, 6) is 0.444. The van der Waals surface area contributed by atoms with Gasteiger partial charge in [-0.05, 0) is 30.0 Å². The third-order valence-electron chi connectivity index (χ3n) is 2.71. The van der Waals surface area contributed by atoms with E-state index in [0.717, 1.165) is 17.6 Å². The maximum atomic E-state index is 4.41. The highest BCUT2D eigenvalue weighted by molar-refractivity contribution is 9.10. The zero-order chi connectivity index (χ0) is 12.3. The third kappa shape index (κ3) is 3.57. The van der Waals surface area contributed by atoms with E-state index in [-0.39, 0.29) is 0 Å².